The Morgan fingerprint density at radius 3 is 3.10 bits per heavy atom. The minimum Gasteiger partial charge on any atom is -0.353 e. The Balaban J connectivity index is 1.66. The molecule has 5 nitrogen and oxygen atoms in total. The third-order valence-electron chi connectivity index (χ3n) is 4.04. The molecule has 2 saturated heterocycles. The third kappa shape index (κ3) is 2.67. The van der Waals surface area contributed by atoms with Crippen molar-refractivity contribution in [3.8, 4) is 6.07 Å². The van der Waals surface area contributed by atoms with Gasteiger partial charge in [-0.25, -0.2) is 0 Å². The van der Waals surface area contributed by atoms with Crippen LogP contribution in [0.15, 0.2) is 24.3 Å². The number of nitrogens with one attached hydrogen (secondary N) is 1. The molecule has 1 aromatic rings. The van der Waals surface area contributed by atoms with Crippen molar-refractivity contribution in [2.24, 2.45) is 0 Å². The highest BCUT2D eigenvalue weighted by molar-refractivity contribution is 5.82. The molecule has 1 unspecified atom stereocenters. The van der Waals surface area contributed by atoms with Crippen LogP contribution in [0, 0.1) is 11.3 Å². The fourth-order valence-electron chi connectivity index (χ4n) is 2.97. The first-order chi connectivity index (χ1) is 9.76. The zero-order chi connectivity index (χ0) is 13.9. The SMILES string of the molecule is N#Cc1cccc(CN2CCN3CCNC(=O)C3C2)c1. The fourth-order valence-corrected chi connectivity index (χ4v) is 2.97. The molecule has 0 bridgehead atoms. The first kappa shape index (κ1) is 13.1. The van der Waals surface area contributed by atoms with E-state index in [4.69, 9.17) is 5.26 Å². The van der Waals surface area contributed by atoms with Crippen LogP contribution < -0.4 is 5.32 Å². The van der Waals surface area contributed by atoms with E-state index in [2.05, 4.69) is 21.2 Å². The zero-order valence-corrected chi connectivity index (χ0v) is 11.4. The average Bonchev–Trinajstić information content (AvgIpc) is 2.48. The highest BCUT2D eigenvalue weighted by Crippen LogP contribution is 2.15. The van der Waals surface area contributed by atoms with E-state index >= 15 is 0 Å². The van der Waals surface area contributed by atoms with Gasteiger partial charge in [-0.05, 0) is 17.7 Å². The second-order valence-electron chi connectivity index (χ2n) is 5.39. The maximum atomic E-state index is 11.9. The Kier molecular flexibility index (Phi) is 3.68. The number of fused-ring (bicyclic) bond motifs is 1. The largest absolute Gasteiger partial charge is 0.353 e. The Morgan fingerprint density at radius 1 is 1.35 bits per heavy atom. The van der Waals surface area contributed by atoms with Crippen LogP contribution in [-0.4, -0.2) is 54.5 Å². The summed E-state index contributed by atoms with van der Waals surface area (Å²) in [7, 11) is 0. The molecule has 1 amide bonds. The number of nitriles is 1. The van der Waals surface area contributed by atoms with Crippen molar-refractivity contribution in [3.05, 3.63) is 35.4 Å². The van der Waals surface area contributed by atoms with E-state index in [1.165, 1.54) is 0 Å². The van der Waals surface area contributed by atoms with E-state index in [9.17, 15) is 4.79 Å². The quantitative estimate of drug-likeness (QED) is 0.832. The van der Waals surface area contributed by atoms with Gasteiger partial charge in [0.25, 0.3) is 0 Å². The summed E-state index contributed by atoms with van der Waals surface area (Å²) in [6.45, 7) is 5.19. The number of hydrogen-bond donors (Lipinski definition) is 1. The van der Waals surface area contributed by atoms with Crippen molar-refractivity contribution in [1.29, 1.82) is 5.26 Å². The second kappa shape index (κ2) is 5.61. The summed E-state index contributed by atoms with van der Waals surface area (Å²) in [5.74, 6) is 0.145. The molecule has 20 heavy (non-hydrogen) atoms. The molecule has 0 spiro atoms. The van der Waals surface area contributed by atoms with Crippen LogP contribution in [0.5, 0.6) is 0 Å². The van der Waals surface area contributed by atoms with Crippen LogP contribution >= 0.6 is 0 Å². The molecular weight excluding hydrogens is 252 g/mol. The van der Waals surface area contributed by atoms with Gasteiger partial charge in [0.1, 0.15) is 6.04 Å². The topological polar surface area (TPSA) is 59.4 Å². The number of nitrogens with zero attached hydrogens (tertiary/aromatic N) is 3. The van der Waals surface area contributed by atoms with E-state index in [-0.39, 0.29) is 11.9 Å². The molecule has 1 N–H and O–H groups in total. The molecule has 104 valence electrons. The maximum Gasteiger partial charge on any atom is 0.238 e. The van der Waals surface area contributed by atoms with Crippen LogP contribution in [0.25, 0.3) is 0 Å². The first-order valence-corrected chi connectivity index (χ1v) is 6.99. The normalized spacial score (nSPS) is 23.8. The van der Waals surface area contributed by atoms with Gasteiger partial charge in [-0.15, -0.1) is 0 Å². The van der Waals surface area contributed by atoms with Gasteiger partial charge >= 0.3 is 0 Å². The number of rotatable bonds is 2. The van der Waals surface area contributed by atoms with Crippen molar-refractivity contribution in [1.82, 2.24) is 15.1 Å². The molecule has 2 aliphatic heterocycles. The summed E-state index contributed by atoms with van der Waals surface area (Å²) in [6, 6.07) is 9.84. The number of amides is 1. The highest BCUT2D eigenvalue weighted by atomic mass is 16.2. The van der Waals surface area contributed by atoms with Gasteiger partial charge in [-0.2, -0.15) is 5.26 Å². The van der Waals surface area contributed by atoms with E-state index < -0.39 is 0 Å². The molecule has 0 radical (unpaired) electrons. The molecule has 1 aromatic carbocycles. The summed E-state index contributed by atoms with van der Waals surface area (Å²) >= 11 is 0. The van der Waals surface area contributed by atoms with Crippen LogP contribution in [0.2, 0.25) is 0 Å². The van der Waals surface area contributed by atoms with Crippen molar-refractivity contribution in [3.63, 3.8) is 0 Å². The van der Waals surface area contributed by atoms with Crippen molar-refractivity contribution in [2.45, 2.75) is 12.6 Å². The molecule has 5 heteroatoms. The number of carbonyl (C=O) groups excluding carboxylic acids is 1. The molecular formula is C15H18N4O. The summed E-state index contributed by atoms with van der Waals surface area (Å²) in [6.07, 6.45) is 0. The van der Waals surface area contributed by atoms with Crippen LogP contribution in [0.4, 0.5) is 0 Å². The zero-order valence-electron chi connectivity index (χ0n) is 11.4. The van der Waals surface area contributed by atoms with Gasteiger partial charge in [0.15, 0.2) is 0 Å². The second-order valence-corrected chi connectivity index (χ2v) is 5.39. The first-order valence-electron chi connectivity index (χ1n) is 6.99. The van der Waals surface area contributed by atoms with Gasteiger partial charge < -0.3 is 5.32 Å². The minimum absolute atomic E-state index is 0.0170. The minimum atomic E-state index is -0.0170. The van der Waals surface area contributed by atoms with E-state index in [1.54, 1.807) is 0 Å². The van der Waals surface area contributed by atoms with Crippen LogP contribution in [0.1, 0.15) is 11.1 Å². The van der Waals surface area contributed by atoms with Gasteiger partial charge in [-0.3, -0.25) is 14.6 Å². The van der Waals surface area contributed by atoms with Gasteiger partial charge in [-0.1, -0.05) is 12.1 Å². The number of carbonyl (C=O) groups is 1. The Morgan fingerprint density at radius 2 is 2.25 bits per heavy atom. The summed E-state index contributed by atoms with van der Waals surface area (Å²) < 4.78 is 0. The number of benzene rings is 1. The van der Waals surface area contributed by atoms with Crippen LogP contribution in [0.3, 0.4) is 0 Å². The summed E-state index contributed by atoms with van der Waals surface area (Å²) in [4.78, 5) is 16.5. The Labute approximate surface area is 118 Å². The van der Waals surface area contributed by atoms with Crippen molar-refractivity contribution < 1.29 is 4.79 Å². The number of hydrogen-bond acceptors (Lipinski definition) is 4. The standard InChI is InChI=1S/C15H18N4O/c16-9-12-2-1-3-13(8-12)10-18-6-7-19-5-4-17-15(20)14(19)11-18/h1-3,8,14H,4-7,10-11H2,(H,17,20). The molecule has 2 heterocycles. The third-order valence-corrected chi connectivity index (χ3v) is 4.04. The van der Waals surface area contributed by atoms with E-state index in [0.29, 0.717) is 5.56 Å². The monoisotopic (exact) mass is 270 g/mol. The lowest BCUT2D eigenvalue weighted by Gasteiger charge is -2.43. The molecule has 2 aliphatic rings. The molecule has 3 rings (SSSR count). The van der Waals surface area contributed by atoms with Gasteiger partial charge in [0, 0.05) is 39.3 Å². The lowest BCUT2D eigenvalue weighted by atomic mass is 10.1. The Bertz CT molecular complexity index is 551. The summed E-state index contributed by atoms with van der Waals surface area (Å²) in [5, 5.41) is 11.9. The molecule has 0 aromatic heterocycles. The van der Waals surface area contributed by atoms with Crippen LogP contribution in [-0.2, 0) is 11.3 Å². The molecule has 0 saturated carbocycles. The lowest BCUT2D eigenvalue weighted by Crippen LogP contribution is -2.63. The van der Waals surface area contributed by atoms with Gasteiger partial charge in [0.05, 0.1) is 11.6 Å². The predicted molar refractivity (Wildman–Crippen MR) is 74.8 cm³/mol. The predicted octanol–water partition coefficient (Wildman–Crippen LogP) is 0.174. The highest BCUT2D eigenvalue weighted by Gasteiger charge is 2.34. The summed E-state index contributed by atoms with van der Waals surface area (Å²) in [5.41, 5.74) is 1.82. The van der Waals surface area contributed by atoms with E-state index in [1.807, 2.05) is 24.3 Å². The van der Waals surface area contributed by atoms with Gasteiger partial charge in [0.2, 0.25) is 5.91 Å². The average molecular weight is 270 g/mol. The van der Waals surface area contributed by atoms with E-state index in [0.717, 1.165) is 44.8 Å². The number of piperazine rings is 2. The Hall–Kier alpha value is -1.90. The van der Waals surface area contributed by atoms with Crippen molar-refractivity contribution >= 4 is 5.91 Å². The molecule has 0 aliphatic carbocycles. The smallest absolute Gasteiger partial charge is 0.238 e. The molecule has 1 atom stereocenters. The van der Waals surface area contributed by atoms with Crippen molar-refractivity contribution in [2.75, 3.05) is 32.7 Å². The fraction of sp³-hybridized carbons (Fsp3) is 0.467. The molecule has 2 fully saturated rings. The maximum absolute atomic E-state index is 11.9. The lowest BCUT2D eigenvalue weighted by molar-refractivity contribution is -0.131.